The highest BCUT2D eigenvalue weighted by molar-refractivity contribution is 5.91. The lowest BCUT2D eigenvalue weighted by atomic mass is 9.89. The van der Waals surface area contributed by atoms with Crippen molar-refractivity contribution in [2.75, 3.05) is 19.6 Å². The first kappa shape index (κ1) is 21.7. The maximum atomic E-state index is 13.2. The molecule has 1 saturated carbocycles. The quantitative estimate of drug-likeness (QED) is 0.651. The number of carbonyl (C=O) groups excluding carboxylic acids is 1. The number of hydrogen-bond acceptors (Lipinski definition) is 2. The second-order valence-electron chi connectivity index (χ2n) is 8.91. The van der Waals surface area contributed by atoms with Gasteiger partial charge in [-0.2, -0.15) is 0 Å². The van der Waals surface area contributed by atoms with Crippen LogP contribution in [0.5, 0.6) is 0 Å². The smallest absolute Gasteiger partial charge is 0.244 e. The first-order valence-corrected chi connectivity index (χ1v) is 11.3. The van der Waals surface area contributed by atoms with Crippen molar-refractivity contribution in [3.8, 4) is 0 Å². The van der Waals surface area contributed by atoms with Crippen LogP contribution in [-0.2, 0) is 4.79 Å². The van der Waals surface area contributed by atoms with Crippen molar-refractivity contribution in [2.45, 2.75) is 44.1 Å². The van der Waals surface area contributed by atoms with Crippen molar-refractivity contribution in [3.05, 3.63) is 77.4 Å². The van der Waals surface area contributed by atoms with E-state index in [0.29, 0.717) is 17.4 Å². The van der Waals surface area contributed by atoms with Crippen LogP contribution in [0.4, 0.5) is 8.78 Å². The molecule has 2 aromatic carbocycles. The van der Waals surface area contributed by atoms with Crippen molar-refractivity contribution in [1.82, 2.24) is 10.2 Å². The Morgan fingerprint density at radius 1 is 1.00 bits per heavy atom. The van der Waals surface area contributed by atoms with E-state index in [-0.39, 0.29) is 11.9 Å². The van der Waals surface area contributed by atoms with E-state index in [1.807, 2.05) is 0 Å². The van der Waals surface area contributed by atoms with Crippen LogP contribution < -0.4 is 5.32 Å². The van der Waals surface area contributed by atoms with Gasteiger partial charge in [0.05, 0.1) is 0 Å². The predicted octanol–water partition coefficient (Wildman–Crippen LogP) is 5.14. The molecular weight excluding hydrogens is 394 g/mol. The van der Waals surface area contributed by atoms with E-state index < -0.39 is 11.6 Å². The second kappa shape index (κ2) is 10.2. The average Bonchev–Trinajstić information content (AvgIpc) is 3.19. The Morgan fingerprint density at radius 3 is 2.42 bits per heavy atom. The van der Waals surface area contributed by atoms with E-state index in [0.717, 1.165) is 45.0 Å². The van der Waals surface area contributed by atoms with Crippen LogP contribution in [0.15, 0.2) is 54.6 Å². The van der Waals surface area contributed by atoms with E-state index in [2.05, 4.69) is 40.5 Å². The summed E-state index contributed by atoms with van der Waals surface area (Å²) in [4.78, 5) is 14.8. The molecule has 4 rings (SSSR count). The van der Waals surface area contributed by atoms with Crippen molar-refractivity contribution in [1.29, 1.82) is 0 Å². The Labute approximate surface area is 183 Å². The summed E-state index contributed by atoms with van der Waals surface area (Å²) >= 11 is 0. The second-order valence-corrected chi connectivity index (χ2v) is 8.91. The highest BCUT2D eigenvalue weighted by Crippen LogP contribution is 2.31. The van der Waals surface area contributed by atoms with Crippen molar-refractivity contribution >= 4 is 12.0 Å². The highest BCUT2D eigenvalue weighted by atomic mass is 19.1. The number of nitrogens with zero attached hydrogens (tertiary/aromatic N) is 1. The van der Waals surface area contributed by atoms with Gasteiger partial charge in [0.15, 0.2) is 0 Å². The van der Waals surface area contributed by atoms with Crippen molar-refractivity contribution in [3.63, 3.8) is 0 Å². The van der Waals surface area contributed by atoms with E-state index in [1.54, 1.807) is 0 Å². The molecule has 31 heavy (non-hydrogen) atoms. The molecule has 2 atom stereocenters. The third-order valence-corrected chi connectivity index (χ3v) is 6.57. The van der Waals surface area contributed by atoms with Crippen LogP contribution in [-0.4, -0.2) is 36.5 Å². The molecular formula is C26H30F2N2O. The predicted molar refractivity (Wildman–Crippen MR) is 120 cm³/mol. The lowest BCUT2D eigenvalue weighted by molar-refractivity contribution is -0.117. The fourth-order valence-corrected chi connectivity index (χ4v) is 5.00. The SMILES string of the molecule is O=C(/C=C/c1cc(F)cc(F)c1)NC1CCC(CN2CCC(c3ccccc3)CC2)C1. The van der Waals surface area contributed by atoms with E-state index >= 15 is 0 Å². The molecule has 1 amide bonds. The van der Waals surface area contributed by atoms with Crippen LogP contribution in [0.3, 0.4) is 0 Å². The maximum absolute atomic E-state index is 13.2. The minimum atomic E-state index is -0.647. The van der Waals surface area contributed by atoms with E-state index in [1.165, 1.54) is 42.7 Å². The Bertz CT molecular complexity index is 887. The van der Waals surface area contributed by atoms with Crippen LogP contribution in [0.25, 0.3) is 6.08 Å². The molecule has 5 heteroatoms. The number of rotatable bonds is 6. The van der Waals surface area contributed by atoms with Crippen molar-refractivity contribution in [2.24, 2.45) is 5.92 Å². The summed E-state index contributed by atoms with van der Waals surface area (Å²) in [7, 11) is 0. The molecule has 1 heterocycles. The Hall–Kier alpha value is -2.53. The lowest BCUT2D eigenvalue weighted by Crippen LogP contribution is -2.37. The van der Waals surface area contributed by atoms with Crippen LogP contribution >= 0.6 is 0 Å². The van der Waals surface area contributed by atoms with Crippen LogP contribution in [0, 0.1) is 17.6 Å². The van der Waals surface area contributed by atoms with Gasteiger partial charge >= 0.3 is 0 Å². The summed E-state index contributed by atoms with van der Waals surface area (Å²) in [5, 5.41) is 3.04. The molecule has 164 valence electrons. The lowest BCUT2D eigenvalue weighted by Gasteiger charge is -2.33. The number of benzene rings is 2. The molecule has 0 aromatic heterocycles. The third kappa shape index (κ3) is 6.23. The summed E-state index contributed by atoms with van der Waals surface area (Å²) < 4.78 is 26.5. The molecule has 2 unspecified atom stereocenters. The van der Waals surface area contributed by atoms with Gasteiger partial charge in [0.2, 0.25) is 5.91 Å². The minimum Gasteiger partial charge on any atom is -0.350 e. The van der Waals surface area contributed by atoms with Gasteiger partial charge in [-0.05, 0) is 86.4 Å². The number of hydrogen-bond donors (Lipinski definition) is 1. The largest absolute Gasteiger partial charge is 0.350 e. The van der Waals surface area contributed by atoms with Crippen LogP contribution in [0.2, 0.25) is 0 Å². The summed E-state index contributed by atoms with van der Waals surface area (Å²) in [6.07, 6.45) is 8.33. The number of likely N-dealkylation sites (tertiary alicyclic amines) is 1. The van der Waals surface area contributed by atoms with E-state index in [9.17, 15) is 13.6 Å². The molecule has 2 fully saturated rings. The molecule has 1 saturated heterocycles. The average molecular weight is 425 g/mol. The van der Waals surface area contributed by atoms with Gasteiger partial charge in [-0.25, -0.2) is 8.78 Å². The fourth-order valence-electron chi connectivity index (χ4n) is 5.00. The summed E-state index contributed by atoms with van der Waals surface area (Å²) in [5.74, 6) is -0.219. The number of piperidine rings is 1. The topological polar surface area (TPSA) is 32.3 Å². The maximum Gasteiger partial charge on any atom is 0.244 e. The molecule has 1 aliphatic carbocycles. The molecule has 0 radical (unpaired) electrons. The molecule has 0 bridgehead atoms. The zero-order valence-electron chi connectivity index (χ0n) is 17.8. The zero-order chi connectivity index (χ0) is 21.6. The van der Waals surface area contributed by atoms with Gasteiger partial charge in [-0.3, -0.25) is 4.79 Å². The molecule has 0 spiro atoms. The minimum absolute atomic E-state index is 0.174. The summed E-state index contributed by atoms with van der Waals surface area (Å²) in [6.45, 7) is 3.38. The number of amides is 1. The van der Waals surface area contributed by atoms with Gasteiger partial charge < -0.3 is 10.2 Å². The Balaban J connectivity index is 1.19. The normalized spacial score (nSPS) is 22.8. The van der Waals surface area contributed by atoms with E-state index in [4.69, 9.17) is 0 Å². The molecule has 3 nitrogen and oxygen atoms in total. The Kier molecular flexibility index (Phi) is 7.13. The molecule has 2 aromatic rings. The first-order valence-electron chi connectivity index (χ1n) is 11.3. The summed E-state index contributed by atoms with van der Waals surface area (Å²) in [5.41, 5.74) is 1.80. The van der Waals surface area contributed by atoms with Crippen LogP contribution in [0.1, 0.15) is 49.1 Å². The van der Waals surface area contributed by atoms with Gasteiger partial charge in [0, 0.05) is 24.7 Å². The number of carbonyl (C=O) groups is 1. The standard InChI is InChI=1S/C26H30F2N2O/c27-23-14-19(15-24(28)17-23)7-9-26(31)29-25-8-6-20(16-25)18-30-12-10-22(11-13-30)21-4-2-1-3-5-21/h1-5,7,9,14-15,17,20,22,25H,6,8,10-13,16,18H2,(H,29,31)/b9-7+. The first-order chi connectivity index (χ1) is 15.0. The van der Waals surface area contributed by atoms with Gasteiger partial charge in [0.25, 0.3) is 0 Å². The monoisotopic (exact) mass is 424 g/mol. The van der Waals surface area contributed by atoms with Gasteiger partial charge in [-0.1, -0.05) is 30.3 Å². The van der Waals surface area contributed by atoms with Gasteiger partial charge in [0.1, 0.15) is 11.6 Å². The van der Waals surface area contributed by atoms with Crippen molar-refractivity contribution < 1.29 is 13.6 Å². The summed E-state index contributed by atoms with van der Waals surface area (Å²) in [6, 6.07) is 14.2. The third-order valence-electron chi connectivity index (χ3n) is 6.57. The van der Waals surface area contributed by atoms with Gasteiger partial charge in [-0.15, -0.1) is 0 Å². The fraction of sp³-hybridized carbons (Fsp3) is 0.423. The highest BCUT2D eigenvalue weighted by Gasteiger charge is 2.28. The number of halogens is 2. The molecule has 1 N–H and O–H groups in total. The zero-order valence-corrected chi connectivity index (χ0v) is 17.8. The Morgan fingerprint density at radius 2 is 1.71 bits per heavy atom. The molecule has 2 aliphatic rings. The number of nitrogens with one attached hydrogen (secondary N) is 1. The molecule has 1 aliphatic heterocycles.